The van der Waals surface area contributed by atoms with E-state index in [9.17, 15) is 4.79 Å². The number of hydrogen-bond donors (Lipinski definition) is 0. The van der Waals surface area contributed by atoms with Crippen molar-refractivity contribution in [1.82, 2.24) is 0 Å². The molecule has 0 amide bonds. The minimum atomic E-state index is -1.95. The predicted molar refractivity (Wildman–Crippen MR) is 125 cm³/mol. The largest absolute Gasteiger partial charge is 0.544 e. The summed E-state index contributed by atoms with van der Waals surface area (Å²) in [5, 5.41) is 0.136. The average Bonchev–Trinajstić information content (AvgIpc) is 2.80. The van der Waals surface area contributed by atoms with Gasteiger partial charge in [-0.3, -0.25) is 4.79 Å². The molecule has 2 aliphatic carbocycles. The van der Waals surface area contributed by atoms with Crippen LogP contribution in [0.15, 0.2) is 23.5 Å². The maximum Gasteiger partial charge on any atom is 0.250 e. The van der Waals surface area contributed by atoms with Crippen LogP contribution in [-0.2, 0) is 9.22 Å². The molecule has 0 saturated heterocycles. The van der Waals surface area contributed by atoms with Gasteiger partial charge in [0.1, 0.15) is 13.8 Å². The number of ketones is 1. The zero-order chi connectivity index (χ0) is 21.6. The highest BCUT2D eigenvalue weighted by molar-refractivity contribution is 6.83. The van der Waals surface area contributed by atoms with Crippen molar-refractivity contribution in [2.45, 2.75) is 98.1 Å². The van der Waals surface area contributed by atoms with E-state index in [1.54, 1.807) is 0 Å². The molecule has 0 aliphatic heterocycles. The quantitative estimate of drug-likeness (QED) is 0.369. The maximum absolute atomic E-state index is 12.6. The zero-order valence-corrected chi connectivity index (χ0v) is 21.8. The lowest BCUT2D eigenvalue weighted by atomic mass is 9.55. The summed E-state index contributed by atoms with van der Waals surface area (Å²) in [5.41, 5.74) is 4.54. The van der Waals surface area contributed by atoms with Crippen molar-refractivity contribution in [1.29, 1.82) is 0 Å². The van der Waals surface area contributed by atoms with Crippen LogP contribution < -0.4 is 0 Å². The SMILES string of the molecule is CC1(C)CC(=O)C=C2C(O[Si](C)(C)C(C)(C)C)=CCC21CCC#C[Si](C)(C)C. The molecule has 0 N–H and O–H groups in total. The van der Waals surface area contributed by atoms with Gasteiger partial charge in [0.15, 0.2) is 5.78 Å². The molecule has 0 fully saturated rings. The van der Waals surface area contributed by atoms with Crippen LogP contribution in [0.4, 0.5) is 0 Å². The van der Waals surface area contributed by atoms with Gasteiger partial charge in [-0.2, -0.15) is 0 Å². The van der Waals surface area contributed by atoms with E-state index in [1.165, 1.54) is 0 Å². The molecule has 156 valence electrons. The van der Waals surface area contributed by atoms with E-state index in [-0.39, 0.29) is 21.7 Å². The summed E-state index contributed by atoms with van der Waals surface area (Å²) < 4.78 is 6.71. The Bertz CT molecular complexity index is 761. The normalized spacial score (nSPS) is 24.7. The first-order valence-electron chi connectivity index (χ1n) is 10.7. The van der Waals surface area contributed by atoms with Gasteiger partial charge < -0.3 is 4.43 Å². The maximum atomic E-state index is 12.6. The van der Waals surface area contributed by atoms with E-state index < -0.39 is 16.4 Å². The minimum absolute atomic E-state index is 0.0350. The summed E-state index contributed by atoms with van der Waals surface area (Å²) in [6.07, 6.45) is 7.61. The summed E-state index contributed by atoms with van der Waals surface area (Å²) in [6.45, 7) is 22.7. The molecule has 0 spiro atoms. The van der Waals surface area contributed by atoms with Crippen LogP contribution in [0.1, 0.15) is 60.3 Å². The second kappa shape index (κ2) is 7.32. The van der Waals surface area contributed by atoms with E-state index in [0.29, 0.717) is 6.42 Å². The number of carbonyl (C=O) groups excluding carboxylic acids is 1. The van der Waals surface area contributed by atoms with E-state index in [1.807, 2.05) is 6.08 Å². The van der Waals surface area contributed by atoms with Crippen LogP contribution in [0.5, 0.6) is 0 Å². The molecule has 0 saturated carbocycles. The smallest absolute Gasteiger partial charge is 0.250 e. The molecule has 0 heterocycles. The topological polar surface area (TPSA) is 26.3 Å². The van der Waals surface area contributed by atoms with Gasteiger partial charge in [-0.15, -0.1) is 11.5 Å². The van der Waals surface area contributed by atoms with Gasteiger partial charge in [-0.1, -0.05) is 54.3 Å². The van der Waals surface area contributed by atoms with Gasteiger partial charge in [-0.25, -0.2) is 0 Å². The lowest BCUT2D eigenvalue weighted by Crippen LogP contribution is -2.44. The molecule has 1 atom stereocenters. The Morgan fingerprint density at radius 3 is 2.29 bits per heavy atom. The minimum Gasteiger partial charge on any atom is -0.544 e. The Balaban J connectivity index is 2.36. The van der Waals surface area contributed by atoms with Crippen molar-refractivity contribution in [3.63, 3.8) is 0 Å². The first kappa shape index (κ1) is 23.2. The van der Waals surface area contributed by atoms with E-state index in [4.69, 9.17) is 4.43 Å². The van der Waals surface area contributed by atoms with Crippen molar-refractivity contribution in [2.75, 3.05) is 0 Å². The number of carbonyl (C=O) groups is 1. The molecule has 1 unspecified atom stereocenters. The van der Waals surface area contributed by atoms with Crippen molar-refractivity contribution < 1.29 is 9.22 Å². The molecule has 2 aliphatic rings. The van der Waals surface area contributed by atoms with E-state index >= 15 is 0 Å². The molecule has 0 bridgehead atoms. The fourth-order valence-electron chi connectivity index (χ4n) is 4.09. The Labute approximate surface area is 175 Å². The highest BCUT2D eigenvalue weighted by Gasteiger charge is 2.54. The number of allylic oxidation sites excluding steroid dienone is 3. The molecule has 2 rings (SSSR count). The highest BCUT2D eigenvalue weighted by Crippen LogP contribution is 2.61. The summed E-state index contributed by atoms with van der Waals surface area (Å²) in [6, 6.07) is 0. The van der Waals surface area contributed by atoms with E-state index in [0.717, 1.165) is 30.6 Å². The fraction of sp³-hybridized carbons (Fsp3) is 0.708. The standard InChI is InChI=1S/C24H40O2Si2/c1-22(2,3)28(9,10)26-21-13-15-24(14-11-12-16-27(6,7)8)20(21)17-19(25)18-23(24,4)5/h13,17H,11,14-15,18H2,1-10H3. The number of rotatable bonds is 4. The second-order valence-electron chi connectivity index (χ2n) is 11.9. The molecule has 0 aromatic carbocycles. The van der Waals surface area contributed by atoms with Crippen molar-refractivity contribution in [2.24, 2.45) is 10.8 Å². The van der Waals surface area contributed by atoms with Gasteiger partial charge in [-0.05, 0) is 48.5 Å². The molecular formula is C24H40O2Si2. The van der Waals surface area contributed by atoms with Crippen LogP contribution in [0.3, 0.4) is 0 Å². The Morgan fingerprint density at radius 1 is 1.14 bits per heavy atom. The lowest BCUT2D eigenvalue weighted by molar-refractivity contribution is -0.119. The van der Waals surface area contributed by atoms with Gasteiger partial charge in [0.2, 0.25) is 8.32 Å². The molecule has 2 nitrogen and oxygen atoms in total. The van der Waals surface area contributed by atoms with Gasteiger partial charge in [0, 0.05) is 23.8 Å². The fourth-order valence-corrected chi connectivity index (χ4v) is 5.80. The van der Waals surface area contributed by atoms with Crippen molar-refractivity contribution >= 4 is 22.2 Å². The first-order chi connectivity index (χ1) is 12.5. The third kappa shape index (κ3) is 4.57. The molecule has 0 aromatic heterocycles. The third-order valence-electron chi connectivity index (χ3n) is 6.95. The molecule has 0 radical (unpaired) electrons. The van der Waals surface area contributed by atoms with Crippen LogP contribution in [0.25, 0.3) is 0 Å². The number of hydrogen-bond acceptors (Lipinski definition) is 2. The summed E-state index contributed by atoms with van der Waals surface area (Å²) in [7, 11) is -3.31. The zero-order valence-electron chi connectivity index (χ0n) is 19.8. The monoisotopic (exact) mass is 416 g/mol. The molecule has 4 heteroatoms. The summed E-state index contributed by atoms with van der Waals surface area (Å²) >= 11 is 0. The van der Waals surface area contributed by atoms with Gasteiger partial charge in [0.05, 0.1) is 0 Å². The summed E-state index contributed by atoms with van der Waals surface area (Å²) in [5.74, 6) is 4.67. The van der Waals surface area contributed by atoms with Gasteiger partial charge >= 0.3 is 0 Å². The van der Waals surface area contributed by atoms with Crippen LogP contribution in [0.2, 0.25) is 37.8 Å². The average molecular weight is 417 g/mol. The molecular weight excluding hydrogens is 376 g/mol. The number of fused-ring (bicyclic) bond motifs is 1. The van der Waals surface area contributed by atoms with Gasteiger partial charge in [0.25, 0.3) is 0 Å². The van der Waals surface area contributed by atoms with Crippen molar-refractivity contribution in [3.05, 3.63) is 23.5 Å². The second-order valence-corrected chi connectivity index (χ2v) is 21.3. The van der Waals surface area contributed by atoms with Crippen LogP contribution in [0, 0.1) is 22.3 Å². The Hall–Kier alpha value is -1.06. The van der Waals surface area contributed by atoms with Crippen LogP contribution in [-0.4, -0.2) is 22.2 Å². The third-order valence-corrected chi connectivity index (χ3v) is 12.2. The molecule has 28 heavy (non-hydrogen) atoms. The highest BCUT2D eigenvalue weighted by atomic mass is 28.4. The Morgan fingerprint density at radius 2 is 1.75 bits per heavy atom. The molecule has 0 aromatic rings. The lowest BCUT2D eigenvalue weighted by Gasteiger charge is -2.48. The van der Waals surface area contributed by atoms with Crippen molar-refractivity contribution in [3.8, 4) is 11.5 Å². The Kier molecular flexibility index (Phi) is 6.08. The predicted octanol–water partition coefficient (Wildman–Crippen LogP) is 6.87. The summed E-state index contributed by atoms with van der Waals surface area (Å²) in [4.78, 5) is 12.6. The first-order valence-corrected chi connectivity index (χ1v) is 17.1. The van der Waals surface area contributed by atoms with Crippen LogP contribution >= 0.6 is 0 Å². The van der Waals surface area contributed by atoms with E-state index in [2.05, 4.69) is 84.9 Å².